The Labute approximate surface area is 61.0 Å². The number of aliphatic carboxylic acids is 1. The maximum absolute atomic E-state index is 9.70. The van der Waals surface area contributed by atoms with E-state index < -0.39 is 5.97 Å². The number of rotatable bonds is 3. The Hall–Kier alpha value is 0.0534. The van der Waals surface area contributed by atoms with E-state index >= 15 is 0 Å². The van der Waals surface area contributed by atoms with E-state index in [4.69, 9.17) is 10.8 Å². The normalized spacial score (nSPS) is 7.62. The summed E-state index contributed by atoms with van der Waals surface area (Å²) in [7, 11) is 0. The van der Waals surface area contributed by atoms with Gasteiger partial charge in [-0.3, -0.25) is 4.79 Å². The van der Waals surface area contributed by atoms with Gasteiger partial charge in [-0.05, 0) is 13.0 Å². The molecular weight excluding hydrogens is 159 g/mol. The van der Waals surface area contributed by atoms with Crippen LogP contribution in [0, 0.1) is 0 Å². The van der Waals surface area contributed by atoms with E-state index in [0.29, 0.717) is 13.0 Å². The minimum atomic E-state index is -0.773. The van der Waals surface area contributed by atoms with Crippen LogP contribution in [0.5, 0.6) is 0 Å². The zero-order valence-electron chi connectivity index (χ0n) is 4.76. The number of hydrogen-bond donors (Lipinski definition) is 2. The van der Waals surface area contributed by atoms with Gasteiger partial charge in [0.25, 0.3) is 0 Å². The Kier molecular flexibility index (Phi) is 9.64. The van der Waals surface area contributed by atoms with E-state index in [1.54, 1.807) is 0 Å². The second-order valence-electron chi connectivity index (χ2n) is 1.29. The number of nitrogens with two attached hydrogens (primary N) is 1. The number of hydrogen-bond acceptors (Lipinski definition) is 2. The van der Waals surface area contributed by atoms with Crippen LogP contribution >= 0.6 is 0 Å². The summed E-state index contributed by atoms with van der Waals surface area (Å²) in [5.74, 6) is -0.773. The van der Waals surface area contributed by atoms with Crippen molar-refractivity contribution in [3.63, 3.8) is 0 Å². The van der Waals surface area contributed by atoms with E-state index in [-0.39, 0.29) is 25.9 Å². The van der Waals surface area contributed by atoms with Crippen LogP contribution in [0.3, 0.4) is 0 Å². The van der Waals surface area contributed by atoms with Crippen LogP contribution in [0.2, 0.25) is 0 Å². The van der Waals surface area contributed by atoms with Crippen LogP contribution in [0.4, 0.5) is 0 Å². The largest absolute Gasteiger partial charge is 0.481 e. The molecule has 0 saturated carbocycles. The molecule has 0 aromatic heterocycles. The molecule has 0 aromatic carbocycles. The Morgan fingerprint density at radius 1 is 1.62 bits per heavy atom. The molecule has 3 N–H and O–H groups in total. The molecule has 8 heavy (non-hydrogen) atoms. The van der Waals surface area contributed by atoms with Crippen molar-refractivity contribution in [1.29, 1.82) is 0 Å². The van der Waals surface area contributed by atoms with Gasteiger partial charge in [-0.25, -0.2) is 0 Å². The van der Waals surface area contributed by atoms with Gasteiger partial charge in [0, 0.05) is 25.9 Å². The van der Waals surface area contributed by atoms with Gasteiger partial charge in [0.2, 0.25) is 0 Å². The Balaban J connectivity index is 0. The summed E-state index contributed by atoms with van der Waals surface area (Å²) in [6, 6.07) is 0. The van der Waals surface area contributed by atoms with E-state index in [1.807, 2.05) is 0 Å². The maximum atomic E-state index is 9.70. The molecule has 0 unspecified atom stereocenters. The van der Waals surface area contributed by atoms with E-state index in [9.17, 15) is 4.79 Å². The minimum Gasteiger partial charge on any atom is -0.481 e. The topological polar surface area (TPSA) is 63.3 Å². The van der Waals surface area contributed by atoms with Crippen molar-refractivity contribution in [2.45, 2.75) is 12.8 Å². The fourth-order valence-corrected chi connectivity index (χ4v) is 0.253. The van der Waals surface area contributed by atoms with Gasteiger partial charge < -0.3 is 10.8 Å². The summed E-state index contributed by atoms with van der Waals surface area (Å²) < 4.78 is 0. The first-order valence-corrected chi connectivity index (χ1v) is 2.19. The van der Waals surface area contributed by atoms with Gasteiger partial charge >= 0.3 is 5.97 Å². The summed E-state index contributed by atoms with van der Waals surface area (Å²) in [6.07, 6.45) is 0.770. The smallest absolute Gasteiger partial charge is 0.303 e. The second-order valence-corrected chi connectivity index (χ2v) is 1.29. The van der Waals surface area contributed by atoms with Crippen molar-refractivity contribution in [2.75, 3.05) is 6.54 Å². The summed E-state index contributed by atoms with van der Waals surface area (Å²) >= 11 is 0. The molecule has 3 nitrogen and oxygen atoms in total. The molecule has 44 valence electrons. The summed E-state index contributed by atoms with van der Waals surface area (Å²) in [5.41, 5.74) is 5.01. The molecule has 0 rings (SSSR count). The molecule has 0 amide bonds. The Morgan fingerprint density at radius 2 is 2.12 bits per heavy atom. The third-order valence-corrected chi connectivity index (χ3v) is 0.595. The number of carbonyl (C=O) groups is 1. The molecule has 0 atom stereocenters. The van der Waals surface area contributed by atoms with Crippen molar-refractivity contribution in [3.8, 4) is 0 Å². The molecule has 0 heterocycles. The summed E-state index contributed by atoms with van der Waals surface area (Å²) in [5, 5.41) is 7.99. The fraction of sp³-hybridized carbons (Fsp3) is 0.750. The first-order chi connectivity index (χ1) is 3.27. The fourth-order valence-electron chi connectivity index (χ4n) is 0.253. The van der Waals surface area contributed by atoms with Crippen LogP contribution in [-0.2, 0) is 24.3 Å². The van der Waals surface area contributed by atoms with E-state index in [1.165, 1.54) is 0 Å². The first kappa shape index (κ1) is 10.9. The molecule has 0 aliphatic heterocycles. The molecule has 0 aliphatic rings. The molecule has 0 spiro atoms. The van der Waals surface area contributed by atoms with Crippen LogP contribution in [0.1, 0.15) is 12.8 Å². The quantitative estimate of drug-likeness (QED) is 0.574. The third-order valence-electron chi connectivity index (χ3n) is 0.595. The predicted octanol–water partition coefficient (Wildman–Crippen LogP) is -0.193. The van der Waals surface area contributed by atoms with Gasteiger partial charge in [0.05, 0.1) is 0 Å². The minimum absolute atomic E-state index is 0. The summed E-state index contributed by atoms with van der Waals surface area (Å²) in [4.78, 5) is 9.70. The number of carboxylic acid groups (broad SMARTS) is 1. The van der Waals surface area contributed by atoms with Gasteiger partial charge in [0.15, 0.2) is 0 Å². The average molecular weight is 169 g/mol. The zero-order valence-corrected chi connectivity index (χ0v) is 7.73. The zero-order chi connectivity index (χ0) is 5.70. The molecule has 0 bridgehead atoms. The van der Waals surface area contributed by atoms with Gasteiger partial charge in [-0.1, -0.05) is 0 Å². The number of carboxylic acids is 1. The first-order valence-electron chi connectivity index (χ1n) is 2.19. The van der Waals surface area contributed by atoms with Gasteiger partial charge in [-0.2, -0.15) is 0 Å². The van der Waals surface area contributed by atoms with Crippen LogP contribution < -0.4 is 5.73 Å². The average Bonchev–Trinajstić information content (AvgIpc) is 1.61. The van der Waals surface area contributed by atoms with Crippen molar-refractivity contribution in [3.05, 3.63) is 0 Å². The van der Waals surface area contributed by atoms with E-state index in [0.717, 1.165) is 0 Å². The van der Waals surface area contributed by atoms with Crippen molar-refractivity contribution in [1.82, 2.24) is 0 Å². The van der Waals surface area contributed by atoms with Crippen LogP contribution in [-0.4, -0.2) is 17.6 Å². The second kappa shape index (κ2) is 7.05. The van der Waals surface area contributed by atoms with E-state index in [2.05, 4.69) is 0 Å². The monoisotopic (exact) mass is 167 g/mol. The maximum Gasteiger partial charge on any atom is 0.303 e. The molecular formula is C4H9NO2Zn. The molecule has 0 aromatic rings. The van der Waals surface area contributed by atoms with Gasteiger partial charge in [-0.15, -0.1) is 0 Å². The van der Waals surface area contributed by atoms with Crippen LogP contribution in [0.15, 0.2) is 0 Å². The SMILES string of the molecule is NCCCC(=O)O.[Zn]. The van der Waals surface area contributed by atoms with Crippen LogP contribution in [0.25, 0.3) is 0 Å². The molecule has 0 radical (unpaired) electrons. The van der Waals surface area contributed by atoms with Crippen molar-refractivity contribution in [2.24, 2.45) is 5.73 Å². The molecule has 0 saturated heterocycles. The Bertz CT molecular complexity index is 67.1. The third kappa shape index (κ3) is 9.41. The molecule has 0 fully saturated rings. The van der Waals surface area contributed by atoms with Crippen molar-refractivity contribution < 1.29 is 29.4 Å². The standard InChI is InChI=1S/C4H9NO2.Zn/c5-3-1-2-4(6)7;/h1-3,5H2,(H,6,7);. The van der Waals surface area contributed by atoms with Gasteiger partial charge in [0.1, 0.15) is 0 Å². The summed E-state index contributed by atoms with van der Waals surface area (Å²) in [6.45, 7) is 0.465. The molecule has 4 heteroatoms. The predicted molar refractivity (Wildman–Crippen MR) is 25.9 cm³/mol. The van der Waals surface area contributed by atoms with Crippen molar-refractivity contribution >= 4 is 5.97 Å². The molecule has 0 aliphatic carbocycles. The Morgan fingerprint density at radius 3 is 2.25 bits per heavy atom.